The van der Waals surface area contributed by atoms with Crippen LogP contribution in [-0.4, -0.2) is 18.5 Å². The second-order valence-electron chi connectivity index (χ2n) is 9.37. The van der Waals surface area contributed by atoms with Crippen LogP contribution >= 0.6 is 11.3 Å². The lowest BCUT2D eigenvalue weighted by atomic mass is 9.97. The highest BCUT2D eigenvalue weighted by atomic mass is 32.1. The summed E-state index contributed by atoms with van der Waals surface area (Å²) in [7, 11) is 0. The normalized spacial score (nSPS) is 13.4. The summed E-state index contributed by atoms with van der Waals surface area (Å²) < 4.78 is 4.46. The summed E-state index contributed by atoms with van der Waals surface area (Å²) in [5.74, 6) is 0. The zero-order chi connectivity index (χ0) is 25.0. The van der Waals surface area contributed by atoms with Crippen LogP contribution in [0.3, 0.4) is 0 Å². The molecule has 0 saturated carbocycles. The number of benzene rings is 1. The van der Waals surface area contributed by atoms with Crippen molar-refractivity contribution in [3.8, 4) is 5.69 Å². The van der Waals surface area contributed by atoms with Crippen molar-refractivity contribution >= 4 is 27.2 Å². The highest BCUT2D eigenvalue weighted by molar-refractivity contribution is 7.18. The van der Waals surface area contributed by atoms with Gasteiger partial charge in [-0.1, -0.05) is 25.1 Å². The second kappa shape index (κ2) is 8.71. The molecular weight excluding hydrogens is 472 g/mol. The fourth-order valence-electron chi connectivity index (χ4n) is 5.22. The molecule has 0 bridgehead atoms. The van der Waals surface area contributed by atoms with E-state index < -0.39 is 5.69 Å². The highest BCUT2D eigenvalue weighted by Crippen LogP contribution is 2.34. The molecule has 0 spiro atoms. The molecule has 1 aliphatic carbocycles. The predicted molar refractivity (Wildman–Crippen MR) is 143 cm³/mol. The topological polar surface area (TPSA) is 78.4 Å². The van der Waals surface area contributed by atoms with E-state index in [4.69, 9.17) is 0 Å². The van der Waals surface area contributed by atoms with Crippen LogP contribution in [0.1, 0.15) is 47.2 Å². The monoisotopic (exact) mass is 498 g/mol. The zero-order valence-corrected chi connectivity index (χ0v) is 21.1. The molecule has 1 aliphatic rings. The molecule has 8 heteroatoms. The standard InChI is InChI=1S/C28H26N4O3S/c1-3-18-11-13-20(14-12-18)32-26(34)25-21-8-4-5-9-22(21)36-27(25)30(28(32)35)16-19-15-24(33)31-17(2)7-6-10-23(31)29-19/h6-7,10-15H,3-5,8-9,16H2,1-2H3. The average Bonchev–Trinajstić information content (AvgIpc) is 3.27. The van der Waals surface area contributed by atoms with Crippen LogP contribution in [0.25, 0.3) is 21.6 Å². The van der Waals surface area contributed by atoms with Gasteiger partial charge in [0.1, 0.15) is 10.5 Å². The first-order valence-corrected chi connectivity index (χ1v) is 13.2. The molecule has 4 heterocycles. The van der Waals surface area contributed by atoms with Crippen LogP contribution in [0, 0.1) is 6.92 Å². The Hall–Kier alpha value is -3.78. The molecule has 1 aromatic carbocycles. The molecule has 0 atom stereocenters. The number of pyridine rings is 1. The van der Waals surface area contributed by atoms with E-state index in [1.54, 1.807) is 15.0 Å². The number of nitrogens with zero attached hydrogens (tertiary/aromatic N) is 4. The van der Waals surface area contributed by atoms with Crippen molar-refractivity contribution in [2.24, 2.45) is 0 Å². The molecule has 7 nitrogen and oxygen atoms in total. The minimum Gasteiger partial charge on any atom is -0.278 e. The van der Waals surface area contributed by atoms with Crippen LogP contribution in [0.4, 0.5) is 0 Å². The molecule has 4 aromatic heterocycles. The maximum atomic E-state index is 13.9. The van der Waals surface area contributed by atoms with Gasteiger partial charge in [-0.15, -0.1) is 11.3 Å². The first-order valence-electron chi connectivity index (χ1n) is 12.3. The van der Waals surface area contributed by atoms with Crippen molar-refractivity contribution < 1.29 is 0 Å². The Morgan fingerprint density at radius 2 is 1.78 bits per heavy atom. The molecule has 0 saturated heterocycles. The molecule has 0 amide bonds. The summed E-state index contributed by atoms with van der Waals surface area (Å²) in [5.41, 5.74) is 3.72. The number of hydrogen-bond acceptors (Lipinski definition) is 5. The molecular formula is C28H26N4O3S. The third-order valence-corrected chi connectivity index (χ3v) is 8.41. The fraction of sp³-hybridized carbons (Fsp3) is 0.286. The number of hydrogen-bond donors (Lipinski definition) is 0. The number of rotatable bonds is 4. The van der Waals surface area contributed by atoms with Crippen LogP contribution in [-0.2, 0) is 25.8 Å². The number of thiophene rings is 1. The SMILES string of the molecule is CCc1ccc(-n2c(=O)c3c4c(sc3n(Cc3cc(=O)n5c(C)cccc5n3)c2=O)CCCC4)cc1. The zero-order valence-electron chi connectivity index (χ0n) is 20.3. The highest BCUT2D eigenvalue weighted by Gasteiger charge is 2.24. The van der Waals surface area contributed by atoms with Gasteiger partial charge in [0.05, 0.1) is 23.3 Å². The summed E-state index contributed by atoms with van der Waals surface area (Å²) in [6.45, 7) is 4.04. The van der Waals surface area contributed by atoms with Crippen molar-refractivity contribution in [1.29, 1.82) is 0 Å². The van der Waals surface area contributed by atoms with Crippen molar-refractivity contribution in [1.82, 2.24) is 18.5 Å². The van der Waals surface area contributed by atoms with Gasteiger partial charge in [0.25, 0.3) is 11.1 Å². The van der Waals surface area contributed by atoms with E-state index in [0.29, 0.717) is 27.2 Å². The lowest BCUT2D eigenvalue weighted by Crippen LogP contribution is -2.39. The van der Waals surface area contributed by atoms with Gasteiger partial charge in [-0.3, -0.25) is 18.6 Å². The fourth-order valence-corrected chi connectivity index (χ4v) is 6.60. The van der Waals surface area contributed by atoms with Crippen molar-refractivity contribution in [3.63, 3.8) is 0 Å². The molecule has 0 aliphatic heterocycles. The first-order chi connectivity index (χ1) is 17.5. The summed E-state index contributed by atoms with van der Waals surface area (Å²) in [6, 6.07) is 14.6. The Kier molecular flexibility index (Phi) is 5.48. The van der Waals surface area contributed by atoms with E-state index in [1.807, 2.05) is 43.3 Å². The lowest BCUT2D eigenvalue weighted by Gasteiger charge is -2.14. The Bertz CT molecular complexity index is 1820. The van der Waals surface area contributed by atoms with Gasteiger partial charge in [-0.2, -0.15) is 0 Å². The molecule has 0 N–H and O–H groups in total. The Morgan fingerprint density at radius 1 is 1.00 bits per heavy atom. The maximum absolute atomic E-state index is 13.9. The van der Waals surface area contributed by atoms with Gasteiger partial charge >= 0.3 is 5.69 Å². The minimum atomic E-state index is -0.415. The van der Waals surface area contributed by atoms with Crippen molar-refractivity contribution in [2.45, 2.75) is 52.5 Å². The Balaban J connectivity index is 1.62. The minimum absolute atomic E-state index is 0.113. The van der Waals surface area contributed by atoms with E-state index in [1.165, 1.54) is 26.8 Å². The van der Waals surface area contributed by atoms with Crippen LogP contribution in [0.2, 0.25) is 0 Å². The van der Waals surface area contributed by atoms with Gasteiger partial charge in [0, 0.05) is 16.6 Å². The summed E-state index contributed by atoms with van der Waals surface area (Å²) >= 11 is 1.53. The van der Waals surface area contributed by atoms with Gasteiger partial charge < -0.3 is 0 Å². The van der Waals surface area contributed by atoms with Gasteiger partial charge in [0.15, 0.2) is 0 Å². The van der Waals surface area contributed by atoms with Crippen LogP contribution < -0.4 is 16.8 Å². The second-order valence-corrected chi connectivity index (χ2v) is 10.5. The number of fused-ring (bicyclic) bond motifs is 4. The average molecular weight is 499 g/mol. The Morgan fingerprint density at radius 3 is 2.56 bits per heavy atom. The van der Waals surface area contributed by atoms with Gasteiger partial charge in [-0.05, 0) is 74.4 Å². The van der Waals surface area contributed by atoms with E-state index in [9.17, 15) is 14.4 Å². The summed E-state index contributed by atoms with van der Waals surface area (Å²) in [5, 5.41) is 0.627. The summed E-state index contributed by atoms with van der Waals surface area (Å²) in [6.07, 6.45) is 4.75. The van der Waals surface area contributed by atoms with E-state index in [-0.39, 0.29) is 17.7 Å². The van der Waals surface area contributed by atoms with Gasteiger partial charge in [-0.25, -0.2) is 14.3 Å². The number of aromatic nitrogens is 4. The van der Waals surface area contributed by atoms with E-state index in [0.717, 1.165) is 48.9 Å². The molecule has 182 valence electrons. The van der Waals surface area contributed by atoms with E-state index >= 15 is 0 Å². The smallest absolute Gasteiger partial charge is 0.278 e. The lowest BCUT2D eigenvalue weighted by molar-refractivity contribution is 0.692. The molecule has 36 heavy (non-hydrogen) atoms. The predicted octanol–water partition coefficient (Wildman–Crippen LogP) is 4.02. The molecule has 0 unspecified atom stereocenters. The number of aryl methyl sites for hydroxylation is 4. The third kappa shape index (κ3) is 3.55. The van der Waals surface area contributed by atoms with Crippen LogP contribution in [0.15, 0.2) is 62.9 Å². The largest absolute Gasteiger partial charge is 0.337 e. The van der Waals surface area contributed by atoms with Crippen LogP contribution in [0.5, 0.6) is 0 Å². The Labute approximate surface area is 210 Å². The first kappa shape index (κ1) is 22.7. The molecule has 0 fully saturated rings. The van der Waals surface area contributed by atoms with E-state index in [2.05, 4.69) is 11.9 Å². The quantitative estimate of drug-likeness (QED) is 0.375. The van der Waals surface area contributed by atoms with Crippen molar-refractivity contribution in [3.05, 3.63) is 107 Å². The molecule has 5 aromatic rings. The third-order valence-electron chi connectivity index (χ3n) is 7.09. The molecule has 0 radical (unpaired) electrons. The van der Waals surface area contributed by atoms with Gasteiger partial charge in [0.2, 0.25) is 0 Å². The molecule has 6 rings (SSSR count). The summed E-state index contributed by atoms with van der Waals surface area (Å²) in [4.78, 5) is 47.1. The van der Waals surface area contributed by atoms with Crippen molar-refractivity contribution in [2.75, 3.05) is 0 Å². The maximum Gasteiger partial charge on any atom is 0.337 e.